The van der Waals surface area contributed by atoms with Crippen LogP contribution in [0.2, 0.25) is 0 Å². The largest absolute Gasteiger partial charge is 0.508 e. The smallest absolute Gasteiger partial charge is 0.307 e. The average molecular weight is 218 g/mol. The van der Waals surface area contributed by atoms with Gasteiger partial charge in [-0.05, 0) is 48.9 Å². The minimum absolute atomic E-state index is 0.168. The molecule has 0 saturated heterocycles. The van der Waals surface area contributed by atoms with Crippen LogP contribution in [0.1, 0.15) is 30.4 Å². The third kappa shape index (κ3) is 1.17. The van der Waals surface area contributed by atoms with Crippen molar-refractivity contribution in [2.24, 2.45) is 5.92 Å². The van der Waals surface area contributed by atoms with Gasteiger partial charge in [0.1, 0.15) is 5.75 Å². The predicted octanol–water partition coefficient (Wildman–Crippen LogP) is 2.07. The van der Waals surface area contributed by atoms with Gasteiger partial charge in [-0.1, -0.05) is 6.07 Å². The van der Waals surface area contributed by atoms with Gasteiger partial charge in [-0.25, -0.2) is 0 Å². The molecule has 2 aliphatic carbocycles. The Hall–Kier alpha value is -1.51. The zero-order valence-electron chi connectivity index (χ0n) is 8.94. The Balaban J connectivity index is 2.07. The van der Waals surface area contributed by atoms with Crippen molar-refractivity contribution in [1.82, 2.24) is 0 Å². The molecule has 1 saturated carbocycles. The average Bonchev–Trinajstić information content (AvgIpc) is 2.96. The van der Waals surface area contributed by atoms with Crippen molar-refractivity contribution in [3.8, 4) is 5.75 Å². The minimum atomic E-state index is -0.698. The van der Waals surface area contributed by atoms with E-state index in [1.54, 1.807) is 12.1 Å². The lowest BCUT2D eigenvalue weighted by atomic mass is 9.78. The van der Waals surface area contributed by atoms with Crippen LogP contribution in [0.15, 0.2) is 18.2 Å². The molecule has 3 nitrogen and oxygen atoms in total. The minimum Gasteiger partial charge on any atom is -0.508 e. The number of phenols is 1. The van der Waals surface area contributed by atoms with Crippen LogP contribution in [0.4, 0.5) is 0 Å². The fourth-order valence-corrected chi connectivity index (χ4v) is 3.18. The molecule has 3 heteroatoms. The van der Waals surface area contributed by atoms with Crippen LogP contribution < -0.4 is 0 Å². The highest BCUT2D eigenvalue weighted by atomic mass is 16.4. The van der Waals surface area contributed by atoms with E-state index in [1.807, 2.05) is 6.07 Å². The number of carbonyl (C=O) groups is 1. The predicted molar refractivity (Wildman–Crippen MR) is 58.5 cm³/mol. The quantitative estimate of drug-likeness (QED) is 0.758. The zero-order chi connectivity index (χ0) is 11.3. The summed E-state index contributed by atoms with van der Waals surface area (Å²) in [5.74, 6) is -0.694. The molecule has 0 radical (unpaired) electrons. The summed E-state index contributed by atoms with van der Waals surface area (Å²) >= 11 is 0. The first-order valence-electron chi connectivity index (χ1n) is 5.69. The molecular formula is C13H14O3. The normalized spacial score (nSPS) is 31.1. The van der Waals surface area contributed by atoms with Crippen molar-refractivity contribution in [1.29, 1.82) is 0 Å². The number of rotatable bonds is 1. The van der Waals surface area contributed by atoms with Crippen molar-refractivity contribution in [2.45, 2.75) is 31.1 Å². The molecular weight excluding hydrogens is 204 g/mol. The number of aliphatic carboxylic acids is 1. The van der Waals surface area contributed by atoms with Gasteiger partial charge in [-0.3, -0.25) is 4.79 Å². The van der Waals surface area contributed by atoms with E-state index in [4.69, 9.17) is 5.11 Å². The van der Waals surface area contributed by atoms with E-state index in [-0.39, 0.29) is 17.1 Å². The maximum Gasteiger partial charge on any atom is 0.307 e. The SMILES string of the molecule is O=C(O)[C@H]1C[C@@]12CCCc1ccc(O)cc12. The highest BCUT2D eigenvalue weighted by Gasteiger charge is 2.60. The summed E-state index contributed by atoms with van der Waals surface area (Å²) in [7, 11) is 0. The summed E-state index contributed by atoms with van der Waals surface area (Å²) < 4.78 is 0. The Kier molecular flexibility index (Phi) is 1.82. The molecule has 1 spiro atoms. The molecule has 84 valence electrons. The molecule has 0 aliphatic heterocycles. The van der Waals surface area contributed by atoms with Gasteiger partial charge in [0.15, 0.2) is 0 Å². The van der Waals surface area contributed by atoms with Crippen molar-refractivity contribution in [2.75, 3.05) is 0 Å². The van der Waals surface area contributed by atoms with Crippen LogP contribution in [0, 0.1) is 5.92 Å². The second-order valence-electron chi connectivity index (χ2n) is 4.95. The fraction of sp³-hybridized carbons (Fsp3) is 0.462. The summed E-state index contributed by atoms with van der Waals surface area (Å²) in [6.45, 7) is 0. The van der Waals surface area contributed by atoms with Gasteiger partial charge in [0, 0.05) is 5.41 Å². The number of carboxylic acids is 1. The monoisotopic (exact) mass is 218 g/mol. The fourth-order valence-electron chi connectivity index (χ4n) is 3.18. The lowest BCUT2D eigenvalue weighted by molar-refractivity contribution is -0.139. The zero-order valence-corrected chi connectivity index (χ0v) is 8.94. The van der Waals surface area contributed by atoms with E-state index in [2.05, 4.69) is 0 Å². The molecule has 0 unspecified atom stereocenters. The van der Waals surface area contributed by atoms with Crippen LogP contribution in [-0.2, 0) is 16.6 Å². The van der Waals surface area contributed by atoms with Crippen LogP contribution in [0.25, 0.3) is 0 Å². The molecule has 0 bridgehead atoms. The second kappa shape index (κ2) is 3.00. The van der Waals surface area contributed by atoms with Crippen LogP contribution in [-0.4, -0.2) is 16.2 Å². The second-order valence-corrected chi connectivity index (χ2v) is 4.95. The lowest BCUT2D eigenvalue weighted by Gasteiger charge is -2.26. The number of carboxylic acid groups (broad SMARTS) is 1. The van der Waals surface area contributed by atoms with E-state index in [0.717, 1.165) is 31.2 Å². The first-order chi connectivity index (χ1) is 7.63. The first kappa shape index (κ1) is 9.70. The molecule has 0 amide bonds. The summed E-state index contributed by atoms with van der Waals surface area (Å²) in [4.78, 5) is 11.1. The van der Waals surface area contributed by atoms with E-state index in [1.165, 1.54) is 5.56 Å². The summed E-state index contributed by atoms with van der Waals surface area (Å²) in [6.07, 6.45) is 3.74. The Morgan fingerprint density at radius 3 is 2.94 bits per heavy atom. The highest BCUT2D eigenvalue weighted by molar-refractivity contribution is 5.77. The number of hydrogen-bond donors (Lipinski definition) is 2. The number of phenolic OH excluding ortho intramolecular Hbond substituents is 1. The molecule has 1 aromatic rings. The van der Waals surface area contributed by atoms with E-state index >= 15 is 0 Å². The Morgan fingerprint density at radius 2 is 2.25 bits per heavy atom. The molecule has 0 heterocycles. The highest BCUT2D eigenvalue weighted by Crippen LogP contribution is 2.60. The molecule has 3 rings (SSSR count). The van der Waals surface area contributed by atoms with Gasteiger partial charge in [0.25, 0.3) is 0 Å². The van der Waals surface area contributed by atoms with Gasteiger partial charge in [0.05, 0.1) is 5.92 Å². The van der Waals surface area contributed by atoms with Gasteiger partial charge >= 0.3 is 5.97 Å². The van der Waals surface area contributed by atoms with Crippen molar-refractivity contribution >= 4 is 5.97 Å². The third-order valence-corrected chi connectivity index (χ3v) is 4.07. The Labute approximate surface area is 93.7 Å². The number of fused-ring (bicyclic) bond motifs is 2. The third-order valence-electron chi connectivity index (χ3n) is 4.07. The molecule has 2 atom stereocenters. The Morgan fingerprint density at radius 1 is 1.44 bits per heavy atom. The van der Waals surface area contributed by atoms with Crippen molar-refractivity contribution in [3.05, 3.63) is 29.3 Å². The van der Waals surface area contributed by atoms with Crippen LogP contribution in [0.5, 0.6) is 5.75 Å². The van der Waals surface area contributed by atoms with Gasteiger partial charge in [0.2, 0.25) is 0 Å². The first-order valence-corrected chi connectivity index (χ1v) is 5.69. The number of hydrogen-bond acceptors (Lipinski definition) is 2. The van der Waals surface area contributed by atoms with Crippen molar-refractivity contribution < 1.29 is 15.0 Å². The maximum absolute atomic E-state index is 11.1. The molecule has 16 heavy (non-hydrogen) atoms. The molecule has 1 fully saturated rings. The molecule has 1 aromatic carbocycles. The maximum atomic E-state index is 11.1. The number of aryl methyl sites for hydroxylation is 1. The summed E-state index contributed by atoms with van der Waals surface area (Å²) in [6, 6.07) is 5.39. The molecule has 2 aliphatic rings. The van der Waals surface area contributed by atoms with E-state index in [0.29, 0.717) is 0 Å². The number of aromatic hydroxyl groups is 1. The number of benzene rings is 1. The van der Waals surface area contributed by atoms with Crippen molar-refractivity contribution in [3.63, 3.8) is 0 Å². The van der Waals surface area contributed by atoms with Gasteiger partial charge < -0.3 is 10.2 Å². The summed E-state index contributed by atoms with van der Waals surface area (Å²) in [5, 5.41) is 18.6. The van der Waals surface area contributed by atoms with Gasteiger partial charge in [-0.2, -0.15) is 0 Å². The Bertz CT molecular complexity index is 466. The van der Waals surface area contributed by atoms with E-state index in [9.17, 15) is 9.90 Å². The molecule has 2 N–H and O–H groups in total. The topological polar surface area (TPSA) is 57.5 Å². The standard InChI is InChI=1S/C13H14O3/c14-9-4-3-8-2-1-5-13(10(8)6-9)7-11(13)12(15)16/h3-4,6,11,14H,1-2,5,7H2,(H,15,16)/t11-,13-/m1/s1. The van der Waals surface area contributed by atoms with Gasteiger partial charge in [-0.15, -0.1) is 0 Å². The van der Waals surface area contributed by atoms with Crippen LogP contribution >= 0.6 is 0 Å². The lowest BCUT2D eigenvalue weighted by Crippen LogP contribution is -2.21. The van der Waals surface area contributed by atoms with E-state index < -0.39 is 5.97 Å². The molecule has 0 aromatic heterocycles. The van der Waals surface area contributed by atoms with Crippen LogP contribution in [0.3, 0.4) is 0 Å². The summed E-state index contributed by atoms with van der Waals surface area (Å²) in [5.41, 5.74) is 2.12.